The fourth-order valence-electron chi connectivity index (χ4n) is 5.34. The first kappa shape index (κ1) is 21.7. The molecule has 3 aliphatic rings. The molecule has 1 spiro atoms. The number of hydrogen-bond acceptors (Lipinski definition) is 4. The highest BCUT2D eigenvalue weighted by atomic mass is 19.4. The number of nitrogens with zero attached hydrogens (tertiary/aromatic N) is 3. The molecule has 3 amide bonds. The fraction of sp³-hybridized carbons (Fsp3) is 0.458. The smallest absolute Gasteiger partial charge is 0.406 e. The monoisotopic (exact) mass is 459 g/mol. The van der Waals surface area contributed by atoms with Crippen molar-refractivity contribution in [2.45, 2.75) is 63.3 Å². The minimum Gasteiger partial charge on any atom is -0.406 e. The van der Waals surface area contributed by atoms with Crippen molar-refractivity contribution < 1.29 is 27.5 Å². The lowest BCUT2D eigenvalue weighted by molar-refractivity contribution is -0.274. The third-order valence-corrected chi connectivity index (χ3v) is 7.07. The summed E-state index contributed by atoms with van der Waals surface area (Å²) in [6, 6.07) is 6.12. The van der Waals surface area contributed by atoms with Crippen LogP contribution < -0.4 is 14.5 Å². The van der Waals surface area contributed by atoms with Gasteiger partial charge in [0.15, 0.2) is 0 Å². The van der Waals surface area contributed by atoms with Crippen LogP contribution in [0.2, 0.25) is 0 Å². The molecule has 5 rings (SSSR count). The van der Waals surface area contributed by atoms with Crippen LogP contribution in [0.3, 0.4) is 0 Å². The van der Waals surface area contributed by atoms with Crippen LogP contribution in [0.15, 0.2) is 42.7 Å². The molecule has 33 heavy (non-hydrogen) atoms. The van der Waals surface area contributed by atoms with E-state index in [0.29, 0.717) is 12.1 Å². The van der Waals surface area contributed by atoms with Crippen LogP contribution in [0.5, 0.6) is 5.75 Å². The molecule has 1 aliphatic heterocycles. The van der Waals surface area contributed by atoms with Crippen LogP contribution in [-0.4, -0.2) is 28.8 Å². The topological polar surface area (TPSA) is 62.7 Å². The van der Waals surface area contributed by atoms with Gasteiger partial charge in [-0.2, -0.15) is 0 Å². The first-order valence-corrected chi connectivity index (χ1v) is 11.2. The Hall–Kier alpha value is -3.10. The Labute approximate surface area is 189 Å². The number of alkyl halides is 3. The summed E-state index contributed by atoms with van der Waals surface area (Å²) in [6.07, 6.45) is 4.61. The molecule has 1 saturated heterocycles. The summed E-state index contributed by atoms with van der Waals surface area (Å²) in [4.78, 5) is 34.2. The Morgan fingerprint density at radius 3 is 2.33 bits per heavy atom. The van der Waals surface area contributed by atoms with Gasteiger partial charge in [-0.3, -0.25) is 14.7 Å². The van der Waals surface area contributed by atoms with E-state index in [0.717, 1.165) is 48.3 Å². The molecule has 2 saturated carbocycles. The summed E-state index contributed by atoms with van der Waals surface area (Å²) in [5.41, 5.74) is 0.934. The molecule has 0 bridgehead atoms. The number of imide groups is 1. The molecule has 6 nitrogen and oxygen atoms in total. The molecule has 2 aromatic rings. The van der Waals surface area contributed by atoms with E-state index in [-0.39, 0.29) is 23.4 Å². The lowest BCUT2D eigenvalue weighted by Crippen LogP contribution is -2.39. The van der Waals surface area contributed by atoms with Gasteiger partial charge in [0.25, 0.3) is 5.91 Å². The first-order chi connectivity index (χ1) is 15.7. The van der Waals surface area contributed by atoms with E-state index in [1.54, 1.807) is 23.4 Å². The van der Waals surface area contributed by atoms with Gasteiger partial charge in [-0.25, -0.2) is 9.69 Å². The number of ether oxygens (including phenoxy) is 1. The summed E-state index contributed by atoms with van der Waals surface area (Å²) in [6.45, 7) is 1.93. The van der Waals surface area contributed by atoms with Crippen molar-refractivity contribution >= 4 is 23.3 Å². The Bertz CT molecular complexity index is 1080. The third kappa shape index (κ3) is 3.63. The standard InChI is InChI=1S/C24H24F3N3O3/c1-15-13-23(15)21(31)29(17-7-9-18(10-8-17)33-24(25,26)27)22(32)30(23)20-11-12-28-14-19(20)16-5-3-2-4-6-16/h7-12,14-16H,2-6,13H2,1H3. The molecule has 0 radical (unpaired) electrons. The van der Waals surface area contributed by atoms with Crippen molar-refractivity contribution in [3.05, 3.63) is 48.3 Å². The van der Waals surface area contributed by atoms with Gasteiger partial charge in [-0.1, -0.05) is 26.2 Å². The number of aromatic nitrogens is 1. The van der Waals surface area contributed by atoms with Crippen molar-refractivity contribution in [2.75, 3.05) is 9.80 Å². The maximum absolute atomic E-state index is 13.7. The number of benzene rings is 1. The predicted molar refractivity (Wildman–Crippen MR) is 115 cm³/mol. The molecule has 0 N–H and O–H groups in total. The average molecular weight is 459 g/mol. The number of halogens is 3. The molecule has 2 atom stereocenters. The zero-order valence-corrected chi connectivity index (χ0v) is 18.1. The summed E-state index contributed by atoms with van der Waals surface area (Å²) in [5.74, 6) is -0.509. The Morgan fingerprint density at radius 1 is 1.06 bits per heavy atom. The SMILES string of the molecule is CC1CC12C(=O)N(c1ccc(OC(F)(F)F)cc1)C(=O)N2c1ccncc1C1CCCCC1. The fourth-order valence-corrected chi connectivity index (χ4v) is 5.34. The summed E-state index contributed by atoms with van der Waals surface area (Å²) < 4.78 is 41.4. The van der Waals surface area contributed by atoms with Crippen LogP contribution in [0.1, 0.15) is 56.9 Å². The number of hydrogen-bond donors (Lipinski definition) is 0. The zero-order valence-electron chi connectivity index (χ0n) is 18.1. The Morgan fingerprint density at radius 2 is 1.73 bits per heavy atom. The van der Waals surface area contributed by atoms with E-state index in [2.05, 4.69) is 9.72 Å². The highest BCUT2D eigenvalue weighted by molar-refractivity contribution is 6.32. The first-order valence-electron chi connectivity index (χ1n) is 11.2. The maximum atomic E-state index is 13.7. The van der Waals surface area contributed by atoms with Gasteiger partial charge in [-0.15, -0.1) is 13.2 Å². The highest BCUT2D eigenvalue weighted by Gasteiger charge is 2.70. The molecule has 9 heteroatoms. The van der Waals surface area contributed by atoms with Crippen molar-refractivity contribution in [3.63, 3.8) is 0 Å². The van der Waals surface area contributed by atoms with Crippen molar-refractivity contribution in [3.8, 4) is 5.75 Å². The number of rotatable bonds is 4. The van der Waals surface area contributed by atoms with E-state index in [1.807, 2.05) is 6.92 Å². The number of urea groups is 1. The molecular weight excluding hydrogens is 435 g/mol. The van der Waals surface area contributed by atoms with E-state index in [9.17, 15) is 22.8 Å². The molecule has 174 valence electrons. The van der Waals surface area contributed by atoms with Gasteiger partial charge in [0.1, 0.15) is 11.3 Å². The normalized spacial score (nSPS) is 25.8. The molecule has 2 heterocycles. The van der Waals surface area contributed by atoms with E-state index < -0.39 is 23.7 Å². The van der Waals surface area contributed by atoms with Crippen LogP contribution in [-0.2, 0) is 4.79 Å². The summed E-state index contributed by atoms with van der Waals surface area (Å²) >= 11 is 0. The van der Waals surface area contributed by atoms with Crippen LogP contribution in [0.25, 0.3) is 0 Å². The Balaban J connectivity index is 1.51. The van der Waals surface area contributed by atoms with E-state index in [1.165, 1.54) is 18.6 Å². The number of amides is 3. The van der Waals surface area contributed by atoms with Crippen molar-refractivity contribution in [2.24, 2.45) is 5.92 Å². The van der Waals surface area contributed by atoms with Crippen LogP contribution in [0, 0.1) is 5.92 Å². The molecular formula is C24H24F3N3O3. The third-order valence-electron chi connectivity index (χ3n) is 7.07. The van der Waals surface area contributed by atoms with E-state index >= 15 is 0 Å². The Kier molecular flexibility index (Phi) is 5.10. The second-order valence-corrected chi connectivity index (χ2v) is 9.10. The summed E-state index contributed by atoms with van der Waals surface area (Å²) in [5, 5.41) is 0. The zero-order chi connectivity index (χ0) is 23.4. The molecule has 3 fully saturated rings. The van der Waals surface area contributed by atoms with Gasteiger partial charge < -0.3 is 4.74 Å². The van der Waals surface area contributed by atoms with Gasteiger partial charge in [0.2, 0.25) is 0 Å². The second kappa shape index (κ2) is 7.74. The number of carbonyl (C=O) groups is 2. The van der Waals surface area contributed by atoms with Gasteiger partial charge in [0.05, 0.1) is 11.4 Å². The van der Waals surface area contributed by atoms with E-state index in [4.69, 9.17) is 0 Å². The number of anilines is 2. The lowest BCUT2D eigenvalue weighted by atomic mass is 9.84. The predicted octanol–water partition coefficient (Wildman–Crippen LogP) is 5.78. The van der Waals surface area contributed by atoms with Crippen LogP contribution in [0.4, 0.5) is 29.3 Å². The minimum atomic E-state index is -4.82. The molecule has 2 unspecified atom stereocenters. The quantitative estimate of drug-likeness (QED) is 0.544. The lowest BCUT2D eigenvalue weighted by Gasteiger charge is -2.29. The summed E-state index contributed by atoms with van der Waals surface area (Å²) in [7, 11) is 0. The highest BCUT2D eigenvalue weighted by Crippen LogP contribution is 2.56. The van der Waals surface area contributed by atoms with Gasteiger partial charge in [0, 0.05) is 12.4 Å². The largest absolute Gasteiger partial charge is 0.573 e. The van der Waals surface area contributed by atoms with Crippen LogP contribution >= 0.6 is 0 Å². The van der Waals surface area contributed by atoms with Gasteiger partial charge >= 0.3 is 12.4 Å². The number of carbonyl (C=O) groups excluding carboxylic acids is 2. The average Bonchev–Trinajstić information content (AvgIpc) is 3.40. The molecule has 2 aliphatic carbocycles. The minimum absolute atomic E-state index is 0.0286. The maximum Gasteiger partial charge on any atom is 0.573 e. The second-order valence-electron chi connectivity index (χ2n) is 9.10. The molecule has 1 aromatic carbocycles. The van der Waals surface area contributed by atoms with Crippen molar-refractivity contribution in [1.82, 2.24) is 4.98 Å². The van der Waals surface area contributed by atoms with Gasteiger partial charge in [-0.05, 0) is 67.0 Å². The molecule has 1 aromatic heterocycles. The number of pyridine rings is 1. The van der Waals surface area contributed by atoms with Crippen molar-refractivity contribution in [1.29, 1.82) is 0 Å².